The number of anilines is 1. The van der Waals surface area contributed by atoms with Gasteiger partial charge in [-0.3, -0.25) is 9.10 Å². The molecule has 0 aliphatic rings. The fraction of sp³-hybridized carbons (Fsp3) is 0.350. The third kappa shape index (κ3) is 6.29. The third-order valence-electron chi connectivity index (χ3n) is 4.06. The number of nitrogens with one attached hydrogen (secondary N) is 1. The minimum atomic E-state index is -3.45. The maximum absolute atomic E-state index is 12.2. The molecule has 0 saturated heterocycles. The van der Waals surface area contributed by atoms with Crippen LogP contribution in [0.2, 0.25) is 0 Å². The quantitative estimate of drug-likeness (QED) is 0.751. The van der Waals surface area contributed by atoms with Gasteiger partial charge in [0.1, 0.15) is 5.75 Å². The van der Waals surface area contributed by atoms with Gasteiger partial charge >= 0.3 is 0 Å². The summed E-state index contributed by atoms with van der Waals surface area (Å²) < 4.78 is 30.8. The predicted molar refractivity (Wildman–Crippen MR) is 108 cm³/mol. The van der Waals surface area contributed by atoms with Crippen LogP contribution >= 0.6 is 0 Å². The van der Waals surface area contributed by atoms with Gasteiger partial charge in [-0.05, 0) is 54.8 Å². The zero-order valence-corrected chi connectivity index (χ0v) is 17.0. The molecule has 0 saturated carbocycles. The van der Waals surface area contributed by atoms with Crippen molar-refractivity contribution in [2.24, 2.45) is 0 Å². The smallest absolute Gasteiger partial charge is 0.232 e. The van der Waals surface area contributed by atoms with Gasteiger partial charge in [0.2, 0.25) is 15.9 Å². The molecule has 0 bridgehead atoms. The normalized spacial score (nSPS) is 11.1. The van der Waals surface area contributed by atoms with Gasteiger partial charge in [-0.2, -0.15) is 0 Å². The van der Waals surface area contributed by atoms with Crippen molar-refractivity contribution in [3.63, 3.8) is 0 Å². The Morgan fingerprint density at radius 3 is 2.19 bits per heavy atom. The topological polar surface area (TPSA) is 75.7 Å². The largest absolute Gasteiger partial charge is 0.497 e. The van der Waals surface area contributed by atoms with Crippen molar-refractivity contribution in [3.05, 3.63) is 59.2 Å². The second-order valence-electron chi connectivity index (χ2n) is 6.56. The van der Waals surface area contributed by atoms with Gasteiger partial charge in [-0.15, -0.1) is 0 Å². The molecule has 0 atom stereocenters. The molecule has 0 aromatic heterocycles. The van der Waals surface area contributed by atoms with E-state index in [9.17, 15) is 13.2 Å². The predicted octanol–water partition coefficient (Wildman–Crippen LogP) is 2.44. The Bertz CT molecular complexity index is 872. The molecule has 7 heteroatoms. The van der Waals surface area contributed by atoms with Crippen LogP contribution in [0.4, 0.5) is 5.69 Å². The molecular weight excluding hydrogens is 364 g/mol. The number of rotatable bonds is 8. The molecular formula is C20H26N2O4S. The number of ether oxygens (including phenoxy) is 1. The molecule has 2 rings (SSSR count). The van der Waals surface area contributed by atoms with Gasteiger partial charge in [0.25, 0.3) is 0 Å². The summed E-state index contributed by atoms with van der Waals surface area (Å²) in [6, 6.07) is 12.9. The highest BCUT2D eigenvalue weighted by atomic mass is 32.2. The van der Waals surface area contributed by atoms with Crippen LogP contribution in [-0.2, 0) is 21.2 Å². The average molecular weight is 391 g/mol. The van der Waals surface area contributed by atoms with E-state index in [-0.39, 0.29) is 25.4 Å². The number of carbonyl (C=O) groups is 1. The summed E-state index contributed by atoms with van der Waals surface area (Å²) >= 11 is 0. The van der Waals surface area contributed by atoms with Crippen LogP contribution in [0.1, 0.15) is 16.7 Å². The zero-order valence-electron chi connectivity index (χ0n) is 16.2. The number of nitrogens with zero attached hydrogens (tertiary/aromatic N) is 1. The summed E-state index contributed by atoms with van der Waals surface area (Å²) in [4.78, 5) is 12.1. The molecule has 1 N–H and O–H groups in total. The van der Waals surface area contributed by atoms with E-state index in [2.05, 4.69) is 5.32 Å². The Morgan fingerprint density at radius 2 is 1.67 bits per heavy atom. The molecule has 0 radical (unpaired) electrons. The molecule has 6 nitrogen and oxygen atoms in total. The van der Waals surface area contributed by atoms with E-state index in [1.54, 1.807) is 19.2 Å². The molecule has 0 aliphatic carbocycles. The number of amides is 1. The van der Waals surface area contributed by atoms with Gasteiger partial charge in [-0.1, -0.05) is 18.2 Å². The molecule has 0 heterocycles. The summed E-state index contributed by atoms with van der Waals surface area (Å²) in [5, 5.41) is 2.79. The van der Waals surface area contributed by atoms with Gasteiger partial charge in [0, 0.05) is 6.54 Å². The van der Waals surface area contributed by atoms with E-state index in [0.29, 0.717) is 5.69 Å². The summed E-state index contributed by atoms with van der Waals surface area (Å²) in [7, 11) is -1.86. The van der Waals surface area contributed by atoms with Crippen LogP contribution in [0.3, 0.4) is 0 Å². The van der Waals surface area contributed by atoms with E-state index in [0.717, 1.165) is 22.4 Å². The number of hydrogen-bond acceptors (Lipinski definition) is 4. The first-order valence-electron chi connectivity index (χ1n) is 8.64. The van der Waals surface area contributed by atoms with Crippen LogP contribution in [0.5, 0.6) is 5.75 Å². The van der Waals surface area contributed by atoms with Crippen molar-refractivity contribution in [1.82, 2.24) is 5.32 Å². The van der Waals surface area contributed by atoms with Gasteiger partial charge < -0.3 is 10.1 Å². The van der Waals surface area contributed by atoms with Crippen LogP contribution in [0.15, 0.2) is 42.5 Å². The van der Waals surface area contributed by atoms with Crippen molar-refractivity contribution in [2.75, 3.05) is 30.8 Å². The first-order valence-corrected chi connectivity index (χ1v) is 10.5. The third-order valence-corrected chi connectivity index (χ3v) is 5.25. The maximum atomic E-state index is 12.2. The lowest BCUT2D eigenvalue weighted by Crippen LogP contribution is -2.38. The van der Waals surface area contributed by atoms with Crippen molar-refractivity contribution < 1.29 is 17.9 Å². The highest BCUT2D eigenvalue weighted by molar-refractivity contribution is 7.92. The molecule has 1 amide bonds. The summed E-state index contributed by atoms with van der Waals surface area (Å²) in [5.74, 6) is 0.574. The van der Waals surface area contributed by atoms with E-state index in [1.807, 2.05) is 44.2 Å². The lowest BCUT2D eigenvalue weighted by Gasteiger charge is -2.23. The minimum Gasteiger partial charge on any atom is -0.497 e. The SMILES string of the molecule is COc1ccc(CC(=O)NCCN(c2cc(C)cc(C)c2)S(C)(=O)=O)cc1. The van der Waals surface area contributed by atoms with Crippen LogP contribution < -0.4 is 14.4 Å². The molecule has 0 fully saturated rings. The highest BCUT2D eigenvalue weighted by Crippen LogP contribution is 2.21. The number of methoxy groups -OCH3 is 1. The Kier molecular flexibility index (Phi) is 6.85. The summed E-state index contributed by atoms with van der Waals surface area (Å²) in [6.45, 7) is 4.26. The molecule has 0 unspecified atom stereocenters. The van der Waals surface area contributed by atoms with Crippen LogP contribution in [-0.4, -0.2) is 40.8 Å². The number of benzene rings is 2. The second kappa shape index (κ2) is 8.90. The van der Waals surface area contributed by atoms with E-state index >= 15 is 0 Å². The summed E-state index contributed by atoms with van der Waals surface area (Å²) in [5.41, 5.74) is 3.45. The Morgan fingerprint density at radius 1 is 1.07 bits per heavy atom. The number of hydrogen-bond donors (Lipinski definition) is 1. The molecule has 0 aliphatic heterocycles. The minimum absolute atomic E-state index is 0.158. The second-order valence-corrected chi connectivity index (χ2v) is 8.46. The number of aryl methyl sites for hydroxylation is 2. The average Bonchev–Trinajstić information content (AvgIpc) is 2.57. The Labute approximate surface area is 161 Å². The monoisotopic (exact) mass is 390 g/mol. The first kappa shape index (κ1) is 20.8. The standard InChI is InChI=1S/C20H26N2O4S/c1-15-11-16(2)13-18(12-15)22(27(4,24)25)10-9-21-20(23)14-17-5-7-19(26-3)8-6-17/h5-8,11-13H,9-10,14H2,1-4H3,(H,21,23). The van der Waals surface area contributed by atoms with Gasteiger partial charge in [-0.25, -0.2) is 8.42 Å². The van der Waals surface area contributed by atoms with Crippen molar-refractivity contribution >= 4 is 21.6 Å². The molecule has 146 valence electrons. The molecule has 0 spiro atoms. The zero-order chi connectivity index (χ0) is 20.0. The molecule has 27 heavy (non-hydrogen) atoms. The summed E-state index contributed by atoms with van der Waals surface area (Å²) in [6.07, 6.45) is 1.40. The molecule has 2 aromatic rings. The fourth-order valence-corrected chi connectivity index (χ4v) is 3.78. The Balaban J connectivity index is 1.97. The number of sulfonamides is 1. The first-order chi connectivity index (χ1) is 12.7. The Hall–Kier alpha value is -2.54. The van der Waals surface area contributed by atoms with Gasteiger partial charge in [0.05, 0.1) is 32.0 Å². The highest BCUT2D eigenvalue weighted by Gasteiger charge is 2.18. The maximum Gasteiger partial charge on any atom is 0.232 e. The van der Waals surface area contributed by atoms with Crippen molar-refractivity contribution in [2.45, 2.75) is 20.3 Å². The molecule has 2 aromatic carbocycles. The van der Waals surface area contributed by atoms with E-state index in [1.165, 1.54) is 10.6 Å². The fourth-order valence-electron chi connectivity index (χ4n) is 2.87. The lowest BCUT2D eigenvalue weighted by atomic mass is 10.1. The van der Waals surface area contributed by atoms with Crippen LogP contribution in [0, 0.1) is 13.8 Å². The van der Waals surface area contributed by atoms with Crippen molar-refractivity contribution in [3.8, 4) is 5.75 Å². The lowest BCUT2D eigenvalue weighted by molar-refractivity contribution is -0.120. The van der Waals surface area contributed by atoms with Gasteiger partial charge in [0.15, 0.2) is 0 Å². The van der Waals surface area contributed by atoms with E-state index < -0.39 is 10.0 Å². The van der Waals surface area contributed by atoms with E-state index in [4.69, 9.17) is 4.74 Å². The number of carbonyl (C=O) groups excluding carboxylic acids is 1. The van der Waals surface area contributed by atoms with Crippen LogP contribution in [0.25, 0.3) is 0 Å². The van der Waals surface area contributed by atoms with Crippen molar-refractivity contribution in [1.29, 1.82) is 0 Å².